The van der Waals surface area contributed by atoms with E-state index in [9.17, 15) is 0 Å². The minimum Gasteiger partial charge on any atom is -0.250 e. The number of nitrogens with zero attached hydrogens (tertiary/aromatic N) is 2. The maximum Gasteiger partial charge on any atom is 0.124 e. The molecule has 2 nitrogen and oxygen atoms in total. The Morgan fingerprint density at radius 2 is 1.67 bits per heavy atom. The van der Waals surface area contributed by atoms with Gasteiger partial charge in [0.05, 0.1) is 0 Å². The van der Waals surface area contributed by atoms with E-state index in [-0.39, 0.29) is 0 Å². The first-order chi connectivity index (χ1) is 5.49. The lowest BCUT2D eigenvalue weighted by molar-refractivity contribution is 0.754. The molecule has 0 bridgehead atoms. The van der Waals surface area contributed by atoms with Crippen molar-refractivity contribution in [1.29, 1.82) is 0 Å². The van der Waals surface area contributed by atoms with E-state index in [0.29, 0.717) is 5.92 Å². The van der Waals surface area contributed by atoms with Gasteiger partial charge < -0.3 is 0 Å². The Bertz CT molecular complexity index is 222. The minimum atomic E-state index is 0.548. The molecule has 0 rings (SSSR count). The summed E-state index contributed by atoms with van der Waals surface area (Å²) in [5, 5.41) is 0. The highest BCUT2D eigenvalue weighted by molar-refractivity contribution is 5.84. The topological polar surface area (TPSA) is 24.7 Å². The molecule has 0 fully saturated rings. The fourth-order valence-electron chi connectivity index (χ4n) is 0.784. The van der Waals surface area contributed by atoms with Crippen LogP contribution in [0.1, 0.15) is 34.6 Å². The molecule has 0 radical (unpaired) electrons. The number of amidine groups is 1. The summed E-state index contributed by atoms with van der Waals surface area (Å²) in [6.45, 7) is 13.7. The van der Waals surface area contributed by atoms with Gasteiger partial charge in [-0.15, -0.1) is 0 Å². The molecule has 0 N–H and O–H groups in total. The van der Waals surface area contributed by atoms with Crippen molar-refractivity contribution in [3.8, 4) is 0 Å². The van der Waals surface area contributed by atoms with Gasteiger partial charge in [0.1, 0.15) is 5.84 Å². The number of hydrogen-bond donors (Lipinski definition) is 0. The van der Waals surface area contributed by atoms with Crippen molar-refractivity contribution in [2.75, 3.05) is 0 Å². The third kappa shape index (κ3) is 3.46. The molecule has 0 amide bonds. The molecular weight excluding hydrogens is 148 g/mol. The summed E-state index contributed by atoms with van der Waals surface area (Å²) in [6.07, 6.45) is 0. The predicted octanol–water partition coefficient (Wildman–Crippen LogP) is 3.06. The molecule has 12 heavy (non-hydrogen) atoms. The van der Waals surface area contributed by atoms with Crippen molar-refractivity contribution in [1.82, 2.24) is 0 Å². The first-order valence-corrected chi connectivity index (χ1v) is 4.18. The van der Waals surface area contributed by atoms with Crippen molar-refractivity contribution in [2.45, 2.75) is 34.6 Å². The highest BCUT2D eigenvalue weighted by Gasteiger charge is 2.00. The molecule has 2 heteroatoms. The van der Waals surface area contributed by atoms with Crippen LogP contribution in [0.3, 0.4) is 0 Å². The molecular formula is C10H18N2. The summed E-state index contributed by atoms with van der Waals surface area (Å²) >= 11 is 0. The Morgan fingerprint density at radius 3 is 2.00 bits per heavy atom. The maximum absolute atomic E-state index is 4.28. The van der Waals surface area contributed by atoms with E-state index < -0.39 is 0 Å². The van der Waals surface area contributed by atoms with E-state index in [1.54, 1.807) is 0 Å². The summed E-state index contributed by atoms with van der Waals surface area (Å²) in [7, 11) is 0. The average molecular weight is 166 g/mol. The third-order valence-corrected chi connectivity index (χ3v) is 2.00. The maximum atomic E-state index is 4.28. The van der Waals surface area contributed by atoms with Crippen molar-refractivity contribution in [2.24, 2.45) is 15.9 Å². The van der Waals surface area contributed by atoms with Crippen molar-refractivity contribution in [3.05, 3.63) is 11.3 Å². The van der Waals surface area contributed by atoms with Gasteiger partial charge in [-0.1, -0.05) is 13.8 Å². The molecule has 0 saturated heterocycles. The van der Waals surface area contributed by atoms with E-state index in [1.807, 2.05) is 13.8 Å². The third-order valence-electron chi connectivity index (χ3n) is 2.00. The number of rotatable bonds is 2. The van der Waals surface area contributed by atoms with Gasteiger partial charge in [0, 0.05) is 5.70 Å². The van der Waals surface area contributed by atoms with Crippen molar-refractivity contribution in [3.63, 3.8) is 0 Å². The zero-order valence-corrected chi connectivity index (χ0v) is 8.68. The van der Waals surface area contributed by atoms with Crippen LogP contribution in [0.2, 0.25) is 0 Å². The van der Waals surface area contributed by atoms with Crippen LogP contribution in [0.4, 0.5) is 0 Å². The molecule has 0 aromatic heterocycles. The largest absolute Gasteiger partial charge is 0.250 e. The summed E-state index contributed by atoms with van der Waals surface area (Å²) in [5.74, 6) is 1.28. The lowest BCUT2D eigenvalue weighted by Crippen LogP contribution is -1.94. The zero-order valence-electron chi connectivity index (χ0n) is 8.68. The normalized spacial score (nSPS) is 14.7. The van der Waals surface area contributed by atoms with Gasteiger partial charge in [0.2, 0.25) is 0 Å². The second-order valence-corrected chi connectivity index (χ2v) is 3.24. The predicted molar refractivity (Wildman–Crippen MR) is 55.9 cm³/mol. The fourth-order valence-corrected chi connectivity index (χ4v) is 0.784. The lowest BCUT2D eigenvalue weighted by Gasteiger charge is -2.07. The van der Waals surface area contributed by atoms with Crippen LogP contribution < -0.4 is 0 Å². The Hall–Kier alpha value is -0.920. The van der Waals surface area contributed by atoms with Crippen molar-refractivity contribution >= 4 is 12.6 Å². The van der Waals surface area contributed by atoms with Gasteiger partial charge in [-0.2, -0.15) is 0 Å². The van der Waals surface area contributed by atoms with Crippen LogP contribution in [0.25, 0.3) is 0 Å². The molecule has 0 aromatic rings. The zero-order chi connectivity index (χ0) is 9.72. The van der Waals surface area contributed by atoms with Crippen LogP contribution in [-0.4, -0.2) is 12.6 Å². The second kappa shape index (κ2) is 4.86. The van der Waals surface area contributed by atoms with Gasteiger partial charge in [0.15, 0.2) is 0 Å². The first-order valence-electron chi connectivity index (χ1n) is 4.18. The van der Waals surface area contributed by atoms with E-state index in [4.69, 9.17) is 0 Å². The molecule has 0 aliphatic rings. The van der Waals surface area contributed by atoms with Crippen LogP contribution in [0.5, 0.6) is 0 Å². The Balaban J connectivity index is 4.68. The van der Waals surface area contributed by atoms with E-state index in [0.717, 1.165) is 11.5 Å². The summed E-state index contributed by atoms with van der Waals surface area (Å²) in [6, 6.07) is 0. The summed E-state index contributed by atoms with van der Waals surface area (Å²) < 4.78 is 0. The highest BCUT2D eigenvalue weighted by atomic mass is 14.9. The molecule has 0 atom stereocenters. The molecule has 0 aliphatic carbocycles. The van der Waals surface area contributed by atoms with Gasteiger partial charge >= 0.3 is 0 Å². The molecule has 0 aromatic carbocycles. The fraction of sp³-hybridized carbons (Fsp3) is 0.600. The monoisotopic (exact) mass is 166 g/mol. The number of hydrogen-bond acceptors (Lipinski definition) is 1. The second-order valence-electron chi connectivity index (χ2n) is 3.24. The van der Waals surface area contributed by atoms with Gasteiger partial charge in [-0.05, 0) is 39.0 Å². The molecule has 0 spiro atoms. The van der Waals surface area contributed by atoms with Crippen LogP contribution in [-0.2, 0) is 0 Å². The van der Waals surface area contributed by atoms with Gasteiger partial charge in [-0.3, -0.25) is 0 Å². The van der Waals surface area contributed by atoms with Gasteiger partial charge in [0.25, 0.3) is 0 Å². The minimum absolute atomic E-state index is 0.548. The summed E-state index contributed by atoms with van der Waals surface area (Å²) in [4.78, 5) is 8.02. The highest BCUT2D eigenvalue weighted by Crippen LogP contribution is 2.14. The summed E-state index contributed by atoms with van der Waals surface area (Å²) in [5.41, 5.74) is 2.35. The lowest BCUT2D eigenvalue weighted by atomic mass is 10.0. The van der Waals surface area contributed by atoms with E-state index in [1.165, 1.54) is 5.57 Å². The SMILES string of the molecule is C=NC(C)=N/C(C)=C(\C)C(C)C. The first kappa shape index (κ1) is 11.1. The van der Waals surface area contributed by atoms with E-state index >= 15 is 0 Å². The van der Waals surface area contributed by atoms with Crippen molar-refractivity contribution < 1.29 is 0 Å². The Labute approximate surface area is 75.1 Å². The Morgan fingerprint density at radius 1 is 1.17 bits per heavy atom. The quantitative estimate of drug-likeness (QED) is 0.445. The number of allylic oxidation sites excluding steroid dienone is 2. The average Bonchev–Trinajstić information content (AvgIpc) is 2.02. The van der Waals surface area contributed by atoms with Crippen LogP contribution >= 0.6 is 0 Å². The molecule has 0 unspecified atom stereocenters. The van der Waals surface area contributed by atoms with E-state index in [2.05, 4.69) is 37.5 Å². The Kier molecular flexibility index (Phi) is 4.49. The van der Waals surface area contributed by atoms with Crippen LogP contribution in [0, 0.1) is 5.92 Å². The smallest absolute Gasteiger partial charge is 0.124 e. The van der Waals surface area contributed by atoms with Gasteiger partial charge in [-0.25, -0.2) is 9.98 Å². The number of aliphatic imine (C=N–C) groups is 2. The molecule has 68 valence electrons. The molecule has 0 heterocycles. The standard InChI is InChI=1S/C10H18N2/c1-7(2)8(3)9(4)12-10(5)11-6/h7H,6H2,1-5H3/b9-8+,12-10?. The van der Waals surface area contributed by atoms with Crippen LogP contribution in [0.15, 0.2) is 21.3 Å². The molecule has 0 saturated carbocycles. The molecule has 0 aliphatic heterocycles.